The van der Waals surface area contributed by atoms with Gasteiger partial charge in [-0.1, -0.05) is 115 Å². The molecule has 0 radical (unpaired) electrons. The van der Waals surface area contributed by atoms with Gasteiger partial charge in [-0.2, -0.15) is 0 Å². The summed E-state index contributed by atoms with van der Waals surface area (Å²) in [6, 6.07) is 45.7. The number of hydrogen-bond donors (Lipinski definition) is 0. The van der Waals surface area contributed by atoms with Crippen molar-refractivity contribution < 1.29 is 0 Å². The fraction of sp³-hybridized carbons (Fsp3) is 0.0435. The standard InChI is InChI=1S/C46H29BN2/c1-4-15-40-35(11-1)36-12-2-5-16-41(36)48(40)32-23-24-34-37-13-8-18-43-46(37)47(39(34)27-32)38-14-3-6-17-42(38)49(43)33-25-30-21-19-28-9-7-10-29-20-22-31(26-33)45(30)44(28)29/h1-21,23-27,44H,22H2. The molecule has 1 unspecified atom stereocenters. The van der Waals surface area contributed by atoms with Gasteiger partial charge < -0.3 is 9.47 Å². The zero-order valence-corrected chi connectivity index (χ0v) is 26.8. The second-order valence-corrected chi connectivity index (χ2v) is 14.0. The second-order valence-electron chi connectivity index (χ2n) is 14.0. The van der Waals surface area contributed by atoms with Crippen LogP contribution in [0.2, 0.25) is 0 Å². The molecule has 0 bridgehead atoms. The van der Waals surface area contributed by atoms with Crippen LogP contribution in [0.1, 0.15) is 22.6 Å². The van der Waals surface area contributed by atoms with Crippen LogP contribution < -0.4 is 21.3 Å². The molecule has 12 rings (SSSR count). The van der Waals surface area contributed by atoms with Crippen LogP contribution in [0, 0.1) is 0 Å². The average Bonchev–Trinajstić information content (AvgIpc) is 3.67. The highest BCUT2D eigenvalue weighted by Gasteiger charge is 2.43. The number of para-hydroxylation sites is 3. The van der Waals surface area contributed by atoms with Crippen LogP contribution in [-0.4, -0.2) is 11.3 Å². The molecular weight excluding hydrogens is 591 g/mol. The molecule has 7 aromatic rings. The Kier molecular flexibility index (Phi) is 4.93. The van der Waals surface area contributed by atoms with Crippen LogP contribution >= 0.6 is 0 Å². The van der Waals surface area contributed by atoms with Gasteiger partial charge in [0, 0.05) is 39.4 Å². The Bertz CT molecular complexity index is 2720. The summed E-state index contributed by atoms with van der Waals surface area (Å²) in [4.78, 5) is 2.54. The van der Waals surface area contributed by atoms with Crippen molar-refractivity contribution in [1.29, 1.82) is 0 Å². The Morgan fingerprint density at radius 2 is 1.39 bits per heavy atom. The molecule has 2 aliphatic heterocycles. The Morgan fingerprint density at radius 3 is 2.27 bits per heavy atom. The van der Waals surface area contributed by atoms with Crippen LogP contribution in [0.15, 0.2) is 163 Å². The van der Waals surface area contributed by atoms with E-state index in [2.05, 4.69) is 167 Å². The lowest BCUT2D eigenvalue weighted by molar-refractivity contribution is 0.892. The third-order valence-corrected chi connectivity index (χ3v) is 11.7. The van der Waals surface area contributed by atoms with Gasteiger partial charge in [0.05, 0.1) is 11.0 Å². The number of rotatable bonds is 2. The number of fused-ring (bicyclic) bond motifs is 8. The minimum absolute atomic E-state index is 0.171. The molecule has 0 saturated carbocycles. The molecule has 0 fully saturated rings. The molecule has 49 heavy (non-hydrogen) atoms. The highest BCUT2D eigenvalue weighted by atomic mass is 15.2. The number of aromatic nitrogens is 1. The lowest BCUT2D eigenvalue weighted by Crippen LogP contribution is -2.54. The minimum Gasteiger partial charge on any atom is -0.311 e. The molecule has 0 amide bonds. The summed E-state index contributed by atoms with van der Waals surface area (Å²) < 4.78 is 2.45. The van der Waals surface area contributed by atoms with Gasteiger partial charge in [0.25, 0.3) is 0 Å². The topological polar surface area (TPSA) is 8.17 Å². The van der Waals surface area contributed by atoms with Gasteiger partial charge in [-0.15, -0.1) is 0 Å². The van der Waals surface area contributed by atoms with E-state index in [0.717, 1.165) is 6.42 Å². The van der Waals surface area contributed by atoms with Crippen molar-refractivity contribution in [3.63, 3.8) is 0 Å². The van der Waals surface area contributed by atoms with Gasteiger partial charge in [0.1, 0.15) is 0 Å². The first-order valence-electron chi connectivity index (χ1n) is 17.4. The van der Waals surface area contributed by atoms with Crippen LogP contribution in [0.3, 0.4) is 0 Å². The molecule has 0 spiro atoms. The highest BCUT2D eigenvalue weighted by Crippen LogP contribution is 2.49. The van der Waals surface area contributed by atoms with E-state index in [4.69, 9.17) is 0 Å². The van der Waals surface area contributed by atoms with Crippen molar-refractivity contribution in [1.82, 2.24) is 4.57 Å². The summed E-state index contributed by atoms with van der Waals surface area (Å²) in [5.41, 5.74) is 21.5. The van der Waals surface area contributed by atoms with E-state index in [0.29, 0.717) is 5.92 Å². The van der Waals surface area contributed by atoms with Gasteiger partial charge in [-0.3, -0.25) is 0 Å². The van der Waals surface area contributed by atoms with Gasteiger partial charge in [-0.05, 0) is 105 Å². The number of benzene rings is 6. The maximum atomic E-state index is 2.54. The monoisotopic (exact) mass is 620 g/mol. The fourth-order valence-corrected chi connectivity index (χ4v) is 9.73. The number of nitrogens with zero attached hydrogens (tertiary/aromatic N) is 2. The molecular formula is C46H29BN2. The van der Waals surface area contributed by atoms with E-state index >= 15 is 0 Å². The first-order valence-corrected chi connectivity index (χ1v) is 17.4. The Hall–Kier alpha value is -6.06. The van der Waals surface area contributed by atoms with Crippen molar-refractivity contribution in [2.24, 2.45) is 0 Å². The van der Waals surface area contributed by atoms with Crippen molar-refractivity contribution in [3.05, 3.63) is 180 Å². The maximum absolute atomic E-state index is 2.54. The molecule has 5 aliphatic rings. The van der Waals surface area contributed by atoms with E-state index < -0.39 is 0 Å². The molecule has 1 atom stereocenters. The zero-order valence-electron chi connectivity index (χ0n) is 26.8. The van der Waals surface area contributed by atoms with Crippen LogP contribution in [0.5, 0.6) is 0 Å². The van der Waals surface area contributed by atoms with Crippen molar-refractivity contribution >= 4 is 68.0 Å². The molecule has 0 N–H and O–H groups in total. The third-order valence-electron chi connectivity index (χ3n) is 11.7. The molecule has 3 heterocycles. The lowest BCUT2D eigenvalue weighted by Gasteiger charge is -2.38. The van der Waals surface area contributed by atoms with E-state index in [1.165, 1.54) is 99.9 Å². The summed E-state index contributed by atoms with van der Waals surface area (Å²) in [7, 11) is 0. The average molecular weight is 621 g/mol. The molecule has 226 valence electrons. The largest absolute Gasteiger partial charge is 0.311 e. The van der Waals surface area contributed by atoms with Crippen LogP contribution in [-0.2, 0) is 6.42 Å². The van der Waals surface area contributed by atoms with Crippen molar-refractivity contribution in [2.45, 2.75) is 12.3 Å². The predicted octanol–water partition coefficient (Wildman–Crippen LogP) is 9.15. The van der Waals surface area contributed by atoms with E-state index in [1.807, 2.05) is 0 Å². The molecule has 3 aliphatic carbocycles. The van der Waals surface area contributed by atoms with Gasteiger partial charge in [0.2, 0.25) is 6.71 Å². The van der Waals surface area contributed by atoms with Crippen LogP contribution in [0.4, 0.5) is 17.1 Å². The summed E-state index contributed by atoms with van der Waals surface area (Å²) >= 11 is 0. The Morgan fingerprint density at radius 1 is 0.592 bits per heavy atom. The number of allylic oxidation sites excluding steroid dienone is 7. The van der Waals surface area contributed by atoms with E-state index in [-0.39, 0.29) is 6.71 Å². The predicted molar refractivity (Wildman–Crippen MR) is 206 cm³/mol. The van der Waals surface area contributed by atoms with Crippen LogP contribution in [0.25, 0.3) is 44.7 Å². The zero-order chi connectivity index (χ0) is 31.8. The van der Waals surface area contributed by atoms with Gasteiger partial charge in [-0.25, -0.2) is 0 Å². The summed E-state index contributed by atoms with van der Waals surface area (Å²) in [6.07, 6.45) is 14.9. The lowest BCUT2D eigenvalue weighted by atomic mass is 9.37. The third kappa shape index (κ3) is 3.32. The molecule has 6 aromatic carbocycles. The number of hydrogen-bond acceptors (Lipinski definition) is 1. The molecule has 1 aromatic heterocycles. The molecule has 3 heteroatoms. The first kappa shape index (κ1) is 26.0. The SMILES string of the molecule is C1=CC2=CCc3cc(N4c5ccccc5B5c6cc(-n7c8ccccc8c8ccccc87)ccc6-c6cccc4c65)cc4c3C2C(=C1)C=C4. The maximum Gasteiger partial charge on any atom is 0.248 e. The normalized spacial score (nSPS) is 17.1. The first-order chi connectivity index (χ1) is 24.3. The summed E-state index contributed by atoms with van der Waals surface area (Å²) in [5, 5.41) is 2.58. The smallest absolute Gasteiger partial charge is 0.248 e. The molecule has 2 nitrogen and oxygen atoms in total. The number of anilines is 3. The quantitative estimate of drug-likeness (QED) is 0.175. The summed E-state index contributed by atoms with van der Waals surface area (Å²) in [6.45, 7) is 0.171. The fourth-order valence-electron chi connectivity index (χ4n) is 9.73. The Balaban J connectivity index is 1.06. The van der Waals surface area contributed by atoms with E-state index in [9.17, 15) is 0 Å². The summed E-state index contributed by atoms with van der Waals surface area (Å²) in [5.74, 6) is 0.361. The van der Waals surface area contributed by atoms with E-state index in [1.54, 1.807) is 0 Å². The second kappa shape index (κ2) is 9.30. The van der Waals surface area contributed by atoms with Crippen molar-refractivity contribution in [2.75, 3.05) is 4.90 Å². The van der Waals surface area contributed by atoms with Gasteiger partial charge >= 0.3 is 0 Å². The Labute approximate surface area is 285 Å². The molecule has 0 saturated heterocycles. The van der Waals surface area contributed by atoms with Gasteiger partial charge in [0.15, 0.2) is 0 Å². The minimum atomic E-state index is 0.171. The van der Waals surface area contributed by atoms with Crippen molar-refractivity contribution in [3.8, 4) is 16.8 Å². The highest BCUT2D eigenvalue weighted by molar-refractivity contribution is 7.01.